The summed E-state index contributed by atoms with van der Waals surface area (Å²) in [6.45, 7) is 7.62. The average Bonchev–Trinajstić information content (AvgIpc) is 4.04. The number of carbonyl (C=O) groups is 2. The minimum Gasteiger partial charge on any atom is -0.508 e. The number of phenols is 2. The molecule has 2 heterocycles. The van der Waals surface area contributed by atoms with E-state index in [1.165, 1.54) is 7.05 Å². The van der Waals surface area contributed by atoms with Crippen LogP contribution in [0.4, 0.5) is 26.7 Å². The first-order chi connectivity index (χ1) is 35.0. The molecule has 0 aliphatic heterocycles. The number of aryl methyl sites for hydroxylation is 4. The number of nitrogens with zero attached hydrogens (tertiary/aromatic N) is 4. The molecular formula is C59H58N8O6. The van der Waals surface area contributed by atoms with Crippen LogP contribution in [0.25, 0.3) is 67.8 Å². The first-order valence-electron chi connectivity index (χ1n) is 23.6. The molecule has 73 heavy (non-hydrogen) atoms. The molecule has 0 saturated carbocycles. The number of aromatic amines is 2. The van der Waals surface area contributed by atoms with Gasteiger partial charge in [0.2, 0.25) is 0 Å². The summed E-state index contributed by atoms with van der Waals surface area (Å²) in [6.07, 6.45) is -1.05. The van der Waals surface area contributed by atoms with Gasteiger partial charge in [-0.3, -0.25) is 5.32 Å². The van der Waals surface area contributed by atoms with E-state index in [9.17, 15) is 19.8 Å². The van der Waals surface area contributed by atoms with E-state index in [1.54, 1.807) is 36.4 Å². The van der Waals surface area contributed by atoms with Crippen molar-refractivity contribution < 1.29 is 29.3 Å². The van der Waals surface area contributed by atoms with Crippen molar-refractivity contribution in [2.24, 2.45) is 0 Å². The van der Waals surface area contributed by atoms with Gasteiger partial charge in [0.1, 0.15) is 34.6 Å². The standard InChI is InChI=1S/C34H35N5O2.C25H23N3O4/c1-22-20-26(21-23(2)32(22)41-34(40)35-27-10-8-7-9-11-27)33-36-30(24-12-16-28(17-13-24)38(3)4)31(37-33)25-14-18-29(19-15-25)39(5)6;1-14-12-18(13-15(2)23(14)32-25(31)26-3)24-27-21(16-4-8-19(29)9-5-16)22(28-24)17-6-10-20(30)11-7-17/h7-21H,1-6H3,(H,35,40)(H,36,37);4-13,29-30H,1-3H3,(H,26,31)(H,27,28). The van der Waals surface area contributed by atoms with Crippen LogP contribution in [0, 0.1) is 27.7 Å². The van der Waals surface area contributed by atoms with Crippen LogP contribution in [0.5, 0.6) is 23.0 Å². The Morgan fingerprint density at radius 2 is 0.836 bits per heavy atom. The van der Waals surface area contributed by atoms with Crippen molar-refractivity contribution in [2.45, 2.75) is 27.7 Å². The second-order valence-electron chi connectivity index (χ2n) is 18.0. The highest BCUT2D eigenvalue weighted by Gasteiger charge is 2.21. The fourth-order valence-electron chi connectivity index (χ4n) is 8.34. The van der Waals surface area contributed by atoms with Crippen LogP contribution in [0.3, 0.4) is 0 Å². The van der Waals surface area contributed by atoms with Crippen LogP contribution in [0.15, 0.2) is 152 Å². The number of benzene rings is 7. The molecular weight excluding hydrogens is 917 g/mol. The summed E-state index contributed by atoms with van der Waals surface area (Å²) < 4.78 is 11.1. The molecule has 0 aliphatic rings. The third-order valence-corrected chi connectivity index (χ3v) is 12.1. The molecule has 0 saturated heterocycles. The van der Waals surface area contributed by atoms with Crippen molar-refractivity contribution in [1.29, 1.82) is 0 Å². The monoisotopic (exact) mass is 974 g/mol. The Balaban J connectivity index is 0.000000201. The third-order valence-electron chi connectivity index (χ3n) is 12.1. The van der Waals surface area contributed by atoms with Crippen molar-refractivity contribution in [3.63, 3.8) is 0 Å². The molecule has 14 heteroatoms. The Morgan fingerprint density at radius 3 is 1.22 bits per heavy atom. The molecule has 0 atom stereocenters. The quantitative estimate of drug-likeness (QED) is 0.0730. The molecule has 370 valence electrons. The van der Waals surface area contributed by atoms with Gasteiger partial charge in [0.25, 0.3) is 0 Å². The predicted molar refractivity (Wildman–Crippen MR) is 292 cm³/mol. The van der Waals surface area contributed by atoms with Gasteiger partial charge >= 0.3 is 12.2 Å². The van der Waals surface area contributed by atoms with E-state index >= 15 is 0 Å². The van der Waals surface area contributed by atoms with Crippen LogP contribution in [-0.2, 0) is 0 Å². The Morgan fingerprint density at radius 1 is 0.479 bits per heavy atom. The number of aromatic nitrogens is 4. The highest BCUT2D eigenvalue weighted by atomic mass is 16.6. The SMILES string of the molecule is CNC(=O)Oc1c(C)cc(-c2nc(-c3ccc(O)cc3)c(-c3ccc(O)cc3)[nH]2)cc1C.Cc1cc(-c2nc(-c3ccc(N(C)C)cc3)c(-c3ccc(N(C)C)cc3)[nH]2)cc(C)c1OC(=O)Nc1ccccc1. The van der Waals surface area contributed by atoms with E-state index in [2.05, 4.69) is 78.9 Å². The number of hydrogen-bond acceptors (Lipinski definition) is 10. The van der Waals surface area contributed by atoms with Gasteiger partial charge in [-0.2, -0.15) is 0 Å². The molecule has 9 aromatic rings. The molecule has 0 aliphatic carbocycles. The minimum absolute atomic E-state index is 0.175. The number of rotatable bonds is 11. The molecule has 6 N–H and O–H groups in total. The summed E-state index contributed by atoms with van der Waals surface area (Å²) in [6, 6.07) is 47.6. The maximum Gasteiger partial charge on any atom is 0.417 e. The molecule has 2 aromatic heterocycles. The van der Waals surface area contributed by atoms with Crippen LogP contribution < -0.4 is 29.9 Å². The van der Waals surface area contributed by atoms with Gasteiger partial charge < -0.3 is 44.8 Å². The van der Waals surface area contributed by atoms with Gasteiger partial charge in [0.05, 0.1) is 22.8 Å². The van der Waals surface area contributed by atoms with Gasteiger partial charge in [-0.25, -0.2) is 19.6 Å². The second kappa shape index (κ2) is 21.8. The van der Waals surface area contributed by atoms with E-state index in [0.29, 0.717) is 28.7 Å². The normalized spacial score (nSPS) is 10.8. The number of anilines is 3. The van der Waals surface area contributed by atoms with Crippen molar-refractivity contribution in [2.75, 3.05) is 50.4 Å². The topological polar surface area (TPSA) is 181 Å². The van der Waals surface area contributed by atoms with Crippen molar-refractivity contribution in [3.05, 3.63) is 174 Å². The Kier molecular flexibility index (Phi) is 14.9. The Bertz CT molecular complexity index is 3200. The summed E-state index contributed by atoms with van der Waals surface area (Å²) in [5.74, 6) is 2.79. The highest BCUT2D eigenvalue weighted by molar-refractivity contribution is 5.87. The highest BCUT2D eigenvalue weighted by Crippen LogP contribution is 2.39. The fraction of sp³-hybridized carbons (Fsp3) is 0.153. The first-order valence-corrected chi connectivity index (χ1v) is 23.6. The van der Waals surface area contributed by atoms with Gasteiger partial charge in [-0.15, -0.1) is 0 Å². The smallest absolute Gasteiger partial charge is 0.417 e. The van der Waals surface area contributed by atoms with E-state index in [4.69, 9.17) is 19.4 Å². The number of ether oxygens (including phenoxy) is 2. The lowest BCUT2D eigenvalue weighted by Gasteiger charge is -2.13. The van der Waals surface area contributed by atoms with Crippen LogP contribution in [0.1, 0.15) is 22.3 Å². The fourth-order valence-corrected chi connectivity index (χ4v) is 8.34. The summed E-state index contributed by atoms with van der Waals surface area (Å²) in [5.41, 5.74) is 15.1. The zero-order valence-corrected chi connectivity index (χ0v) is 42.3. The van der Waals surface area contributed by atoms with Crippen molar-refractivity contribution in [3.8, 4) is 90.8 Å². The lowest BCUT2D eigenvalue weighted by Crippen LogP contribution is -2.22. The van der Waals surface area contributed by atoms with Gasteiger partial charge in [0, 0.05) is 85.7 Å². The van der Waals surface area contributed by atoms with Crippen molar-refractivity contribution in [1.82, 2.24) is 25.3 Å². The summed E-state index contributed by atoms with van der Waals surface area (Å²) in [4.78, 5) is 45.3. The third kappa shape index (κ3) is 11.7. The Hall–Kier alpha value is -9.30. The largest absolute Gasteiger partial charge is 0.508 e. The summed E-state index contributed by atoms with van der Waals surface area (Å²) in [7, 11) is 9.64. The number of aromatic hydroxyl groups is 2. The molecule has 0 bridgehead atoms. The van der Waals surface area contributed by atoms with Crippen molar-refractivity contribution >= 4 is 29.2 Å². The second-order valence-corrected chi connectivity index (χ2v) is 18.0. The first kappa shape index (κ1) is 50.1. The Labute approximate surface area is 425 Å². The number of carbonyl (C=O) groups excluding carboxylic acids is 2. The lowest BCUT2D eigenvalue weighted by molar-refractivity contribution is 0.202. The summed E-state index contributed by atoms with van der Waals surface area (Å²) in [5, 5.41) is 24.6. The summed E-state index contributed by atoms with van der Waals surface area (Å²) >= 11 is 0. The molecule has 14 nitrogen and oxygen atoms in total. The number of imidazole rings is 2. The lowest BCUT2D eigenvalue weighted by atomic mass is 10.0. The number of amides is 2. The zero-order chi connectivity index (χ0) is 51.9. The molecule has 0 unspecified atom stereocenters. The van der Waals surface area contributed by atoms with E-state index < -0.39 is 12.2 Å². The molecule has 2 amide bonds. The average molecular weight is 975 g/mol. The van der Waals surface area contributed by atoms with Crippen LogP contribution in [0.2, 0.25) is 0 Å². The predicted octanol–water partition coefficient (Wildman–Crippen LogP) is 12.9. The molecule has 7 aromatic carbocycles. The molecule has 9 rings (SSSR count). The van der Waals surface area contributed by atoms with Crippen LogP contribution >= 0.6 is 0 Å². The molecule has 0 radical (unpaired) electrons. The maximum atomic E-state index is 12.6. The minimum atomic E-state index is -0.528. The number of H-pyrrole nitrogens is 2. The number of hydrogen-bond donors (Lipinski definition) is 6. The van der Waals surface area contributed by atoms with Gasteiger partial charge in [-0.05, 0) is 159 Å². The molecule has 0 spiro atoms. The number of para-hydroxylation sites is 1. The van der Waals surface area contributed by atoms with E-state index in [1.807, 2.05) is 123 Å². The van der Waals surface area contributed by atoms with E-state index in [-0.39, 0.29) is 11.5 Å². The molecule has 0 fully saturated rings. The van der Waals surface area contributed by atoms with Gasteiger partial charge in [0.15, 0.2) is 0 Å². The number of nitrogens with one attached hydrogen (secondary N) is 4. The van der Waals surface area contributed by atoms with E-state index in [0.717, 1.165) is 89.9 Å². The maximum absolute atomic E-state index is 12.6. The zero-order valence-electron chi connectivity index (χ0n) is 42.3. The number of phenolic OH excluding ortho intramolecular Hbond substituents is 2. The van der Waals surface area contributed by atoms with Crippen LogP contribution in [-0.4, -0.2) is 77.6 Å². The van der Waals surface area contributed by atoms with Gasteiger partial charge in [-0.1, -0.05) is 42.5 Å².